The van der Waals surface area contributed by atoms with Crippen molar-refractivity contribution in [2.45, 2.75) is 33.2 Å². The van der Waals surface area contributed by atoms with Gasteiger partial charge in [-0.2, -0.15) is 5.10 Å². The molecular formula is C19H23N5O2. The smallest absolute Gasteiger partial charge is 0.261 e. The standard InChI is InChI=1S/C19H23N5O2/c1-12-15(13(2)22-21-12)9-10-23(4)18(25)14(3)24-11-20-17-8-6-5-7-16(17)19(24)26/h5-8,11,14H,9-10H2,1-4H3,(H,21,22)/t14-/m0/s1. The van der Waals surface area contributed by atoms with Crippen molar-refractivity contribution in [3.8, 4) is 0 Å². The Morgan fingerprint density at radius 2 is 2.04 bits per heavy atom. The summed E-state index contributed by atoms with van der Waals surface area (Å²) in [4.78, 5) is 31.4. The molecule has 0 aliphatic rings. The van der Waals surface area contributed by atoms with E-state index in [0.29, 0.717) is 23.9 Å². The van der Waals surface area contributed by atoms with E-state index in [0.717, 1.165) is 17.0 Å². The summed E-state index contributed by atoms with van der Waals surface area (Å²) in [5.41, 5.74) is 3.53. The summed E-state index contributed by atoms with van der Waals surface area (Å²) in [5, 5.41) is 7.65. The normalized spacial score (nSPS) is 12.3. The first kappa shape index (κ1) is 17.8. The van der Waals surface area contributed by atoms with Gasteiger partial charge in [-0.3, -0.25) is 19.3 Å². The number of para-hydroxylation sites is 1. The van der Waals surface area contributed by atoms with Crippen LogP contribution in [0.1, 0.15) is 29.9 Å². The third-order valence-electron chi connectivity index (χ3n) is 4.82. The number of H-pyrrole nitrogens is 1. The van der Waals surface area contributed by atoms with E-state index in [1.807, 2.05) is 19.9 Å². The highest BCUT2D eigenvalue weighted by Gasteiger charge is 2.21. The van der Waals surface area contributed by atoms with E-state index < -0.39 is 6.04 Å². The first-order valence-corrected chi connectivity index (χ1v) is 8.61. The van der Waals surface area contributed by atoms with Crippen molar-refractivity contribution < 1.29 is 4.79 Å². The first-order valence-electron chi connectivity index (χ1n) is 8.61. The molecule has 3 aromatic rings. The Labute approximate surface area is 151 Å². The Hall–Kier alpha value is -2.96. The maximum Gasteiger partial charge on any atom is 0.261 e. The zero-order valence-electron chi connectivity index (χ0n) is 15.5. The fourth-order valence-electron chi connectivity index (χ4n) is 3.13. The summed E-state index contributed by atoms with van der Waals surface area (Å²) in [5.74, 6) is -0.122. The van der Waals surface area contributed by atoms with Gasteiger partial charge < -0.3 is 4.90 Å². The lowest BCUT2D eigenvalue weighted by atomic mass is 10.1. The topological polar surface area (TPSA) is 83.9 Å². The van der Waals surface area contributed by atoms with Crippen LogP contribution in [-0.4, -0.2) is 44.1 Å². The zero-order valence-corrected chi connectivity index (χ0v) is 15.5. The van der Waals surface area contributed by atoms with Crippen LogP contribution in [0.25, 0.3) is 10.9 Å². The van der Waals surface area contributed by atoms with Crippen LogP contribution in [0.3, 0.4) is 0 Å². The number of aryl methyl sites for hydroxylation is 2. The number of aromatic amines is 1. The molecule has 0 unspecified atom stereocenters. The van der Waals surface area contributed by atoms with Crippen molar-refractivity contribution in [3.63, 3.8) is 0 Å². The molecule has 2 heterocycles. The molecule has 1 amide bonds. The number of fused-ring (bicyclic) bond motifs is 1. The van der Waals surface area contributed by atoms with Crippen LogP contribution < -0.4 is 5.56 Å². The first-order chi connectivity index (χ1) is 12.4. The highest BCUT2D eigenvalue weighted by Crippen LogP contribution is 2.13. The van der Waals surface area contributed by atoms with Gasteiger partial charge in [-0.25, -0.2) is 4.98 Å². The Morgan fingerprint density at radius 1 is 1.31 bits per heavy atom. The Kier molecular flexibility index (Phi) is 4.88. The molecule has 0 spiro atoms. The Balaban J connectivity index is 1.77. The van der Waals surface area contributed by atoms with Crippen molar-refractivity contribution in [3.05, 3.63) is 57.9 Å². The third kappa shape index (κ3) is 3.24. The summed E-state index contributed by atoms with van der Waals surface area (Å²) < 4.78 is 1.40. The van der Waals surface area contributed by atoms with E-state index in [1.54, 1.807) is 37.1 Å². The van der Waals surface area contributed by atoms with Crippen LogP contribution in [-0.2, 0) is 11.2 Å². The lowest BCUT2D eigenvalue weighted by Gasteiger charge is -2.22. The molecule has 3 rings (SSSR count). The van der Waals surface area contributed by atoms with Gasteiger partial charge in [0.05, 0.1) is 22.9 Å². The minimum Gasteiger partial charge on any atom is -0.344 e. The molecule has 0 aliphatic heterocycles. The molecule has 0 radical (unpaired) electrons. The quantitative estimate of drug-likeness (QED) is 0.760. The van der Waals surface area contributed by atoms with Crippen molar-refractivity contribution in [2.24, 2.45) is 0 Å². The molecule has 1 atom stereocenters. The summed E-state index contributed by atoms with van der Waals surface area (Å²) in [6.45, 7) is 6.20. The van der Waals surface area contributed by atoms with Crippen LogP contribution in [0.15, 0.2) is 35.4 Å². The summed E-state index contributed by atoms with van der Waals surface area (Å²) >= 11 is 0. The molecule has 1 N–H and O–H groups in total. The fraction of sp³-hybridized carbons (Fsp3) is 0.368. The molecular weight excluding hydrogens is 330 g/mol. The third-order valence-corrected chi connectivity index (χ3v) is 4.82. The number of carbonyl (C=O) groups is 1. The van der Waals surface area contributed by atoms with Gasteiger partial charge in [0, 0.05) is 19.3 Å². The summed E-state index contributed by atoms with van der Waals surface area (Å²) in [6.07, 6.45) is 2.17. The minimum atomic E-state index is -0.615. The van der Waals surface area contributed by atoms with Crippen LogP contribution in [0, 0.1) is 13.8 Å². The molecule has 26 heavy (non-hydrogen) atoms. The predicted molar refractivity (Wildman–Crippen MR) is 100 cm³/mol. The number of benzene rings is 1. The van der Waals surface area contributed by atoms with E-state index >= 15 is 0 Å². The van der Waals surface area contributed by atoms with Gasteiger partial charge in [0.2, 0.25) is 5.91 Å². The van der Waals surface area contributed by atoms with Crippen molar-refractivity contribution in [1.82, 2.24) is 24.6 Å². The number of aromatic nitrogens is 4. The molecule has 2 aromatic heterocycles. The molecule has 0 aliphatic carbocycles. The second-order valence-corrected chi connectivity index (χ2v) is 6.57. The van der Waals surface area contributed by atoms with Crippen LogP contribution in [0.2, 0.25) is 0 Å². The number of hydrogen-bond donors (Lipinski definition) is 1. The second-order valence-electron chi connectivity index (χ2n) is 6.57. The fourth-order valence-corrected chi connectivity index (χ4v) is 3.13. The van der Waals surface area contributed by atoms with E-state index in [1.165, 1.54) is 10.9 Å². The van der Waals surface area contributed by atoms with Crippen LogP contribution in [0.4, 0.5) is 0 Å². The van der Waals surface area contributed by atoms with Crippen LogP contribution in [0.5, 0.6) is 0 Å². The molecule has 0 bridgehead atoms. The Bertz CT molecular complexity index is 985. The number of rotatable bonds is 5. The average Bonchev–Trinajstić information content (AvgIpc) is 2.97. The van der Waals surface area contributed by atoms with E-state index in [9.17, 15) is 9.59 Å². The summed E-state index contributed by atoms with van der Waals surface area (Å²) in [7, 11) is 1.75. The number of nitrogens with zero attached hydrogens (tertiary/aromatic N) is 4. The molecule has 0 fully saturated rings. The number of amides is 1. The summed E-state index contributed by atoms with van der Waals surface area (Å²) in [6, 6.07) is 6.53. The van der Waals surface area contributed by atoms with Gasteiger partial charge in [-0.05, 0) is 44.9 Å². The minimum absolute atomic E-state index is 0.122. The predicted octanol–water partition coefficient (Wildman–Crippen LogP) is 2.00. The zero-order chi connectivity index (χ0) is 18.8. The van der Waals surface area contributed by atoms with Gasteiger partial charge in [-0.1, -0.05) is 12.1 Å². The van der Waals surface area contributed by atoms with E-state index in [2.05, 4.69) is 15.2 Å². The largest absolute Gasteiger partial charge is 0.344 e. The highest BCUT2D eigenvalue weighted by atomic mass is 16.2. The molecule has 136 valence electrons. The highest BCUT2D eigenvalue weighted by molar-refractivity contribution is 5.81. The maximum atomic E-state index is 12.8. The SMILES string of the molecule is Cc1n[nH]c(C)c1CCN(C)C(=O)[C@H](C)n1cnc2ccccc2c1=O. The molecule has 0 saturated heterocycles. The van der Waals surface area contributed by atoms with Gasteiger partial charge in [0.15, 0.2) is 0 Å². The van der Waals surface area contributed by atoms with Gasteiger partial charge in [0.25, 0.3) is 5.56 Å². The molecule has 7 heteroatoms. The van der Waals surface area contributed by atoms with Gasteiger partial charge in [-0.15, -0.1) is 0 Å². The van der Waals surface area contributed by atoms with E-state index in [-0.39, 0.29) is 11.5 Å². The number of hydrogen-bond acceptors (Lipinski definition) is 4. The number of likely N-dealkylation sites (N-methyl/N-ethyl adjacent to an activating group) is 1. The van der Waals surface area contributed by atoms with Crippen LogP contribution >= 0.6 is 0 Å². The number of carbonyl (C=O) groups excluding carboxylic acids is 1. The molecule has 7 nitrogen and oxygen atoms in total. The molecule has 1 aromatic carbocycles. The molecule has 0 saturated carbocycles. The Morgan fingerprint density at radius 3 is 2.73 bits per heavy atom. The van der Waals surface area contributed by atoms with Gasteiger partial charge in [0.1, 0.15) is 6.04 Å². The average molecular weight is 353 g/mol. The van der Waals surface area contributed by atoms with Crippen molar-refractivity contribution in [2.75, 3.05) is 13.6 Å². The van der Waals surface area contributed by atoms with Crippen molar-refractivity contribution >= 4 is 16.8 Å². The van der Waals surface area contributed by atoms with Gasteiger partial charge >= 0.3 is 0 Å². The van der Waals surface area contributed by atoms with Crippen molar-refractivity contribution in [1.29, 1.82) is 0 Å². The lowest BCUT2D eigenvalue weighted by Crippen LogP contribution is -2.38. The second kappa shape index (κ2) is 7.11. The number of nitrogens with one attached hydrogen (secondary N) is 1. The monoisotopic (exact) mass is 353 g/mol. The maximum absolute atomic E-state index is 12.8. The lowest BCUT2D eigenvalue weighted by molar-refractivity contribution is -0.133. The van der Waals surface area contributed by atoms with E-state index in [4.69, 9.17) is 0 Å².